The van der Waals surface area contributed by atoms with E-state index in [4.69, 9.17) is 0 Å². The number of amides is 1. The highest BCUT2D eigenvalue weighted by molar-refractivity contribution is 8.00. The second-order valence-corrected chi connectivity index (χ2v) is 6.61. The average Bonchev–Trinajstić information content (AvgIpc) is 3.10. The van der Waals surface area contributed by atoms with Crippen LogP contribution < -0.4 is 4.90 Å². The van der Waals surface area contributed by atoms with E-state index < -0.39 is 0 Å². The first-order chi connectivity index (χ1) is 11.6. The molecule has 1 aromatic heterocycles. The maximum atomic E-state index is 12.6. The molecule has 0 aliphatic heterocycles. The summed E-state index contributed by atoms with van der Waals surface area (Å²) in [4.78, 5) is 18.5. The lowest BCUT2D eigenvalue weighted by Gasteiger charge is -2.20. The van der Waals surface area contributed by atoms with Gasteiger partial charge >= 0.3 is 0 Å². The third kappa shape index (κ3) is 3.65. The van der Waals surface area contributed by atoms with Crippen molar-refractivity contribution >= 4 is 23.4 Å². The van der Waals surface area contributed by atoms with Crippen molar-refractivity contribution in [1.82, 2.24) is 14.8 Å². The summed E-state index contributed by atoms with van der Waals surface area (Å²) in [5.41, 5.74) is 1.81. The highest BCUT2D eigenvalue weighted by Crippen LogP contribution is 2.23. The van der Waals surface area contributed by atoms with Crippen LogP contribution in [-0.2, 0) is 4.79 Å². The van der Waals surface area contributed by atoms with Gasteiger partial charge in [0.2, 0.25) is 11.1 Å². The maximum absolute atomic E-state index is 12.6. The summed E-state index contributed by atoms with van der Waals surface area (Å²) in [6.45, 7) is 1.87. The summed E-state index contributed by atoms with van der Waals surface area (Å²) >= 11 is 1.36. The number of aromatic nitrogens is 3. The van der Waals surface area contributed by atoms with Gasteiger partial charge in [0.15, 0.2) is 0 Å². The van der Waals surface area contributed by atoms with Gasteiger partial charge < -0.3 is 4.90 Å². The third-order valence-electron chi connectivity index (χ3n) is 3.60. The monoisotopic (exact) mass is 338 g/mol. The van der Waals surface area contributed by atoms with Crippen LogP contribution in [0.1, 0.15) is 6.92 Å². The molecule has 1 heterocycles. The van der Waals surface area contributed by atoms with Crippen LogP contribution in [0.4, 0.5) is 5.69 Å². The first kappa shape index (κ1) is 16.3. The summed E-state index contributed by atoms with van der Waals surface area (Å²) in [5, 5.41) is 4.74. The molecule has 0 bridgehead atoms. The smallest absolute Gasteiger partial charge is 0.240 e. The Morgan fingerprint density at radius 2 is 1.71 bits per heavy atom. The molecule has 3 aromatic rings. The Kier molecular flexibility index (Phi) is 4.96. The Hall–Kier alpha value is -2.60. The van der Waals surface area contributed by atoms with E-state index in [9.17, 15) is 4.79 Å². The Balaban J connectivity index is 1.68. The van der Waals surface area contributed by atoms with E-state index in [0.717, 1.165) is 11.4 Å². The highest BCUT2D eigenvalue weighted by atomic mass is 32.2. The summed E-state index contributed by atoms with van der Waals surface area (Å²) in [6.07, 6.45) is 1.66. The number of thioether (sulfide) groups is 1. The number of rotatable bonds is 5. The van der Waals surface area contributed by atoms with Crippen molar-refractivity contribution in [2.24, 2.45) is 0 Å². The molecule has 0 aliphatic rings. The number of nitrogens with zero attached hydrogens (tertiary/aromatic N) is 4. The summed E-state index contributed by atoms with van der Waals surface area (Å²) in [7, 11) is 1.78. The van der Waals surface area contributed by atoms with E-state index in [1.54, 1.807) is 23.0 Å². The Morgan fingerprint density at radius 3 is 2.38 bits per heavy atom. The number of carbonyl (C=O) groups is 1. The van der Waals surface area contributed by atoms with Crippen molar-refractivity contribution in [3.05, 3.63) is 67.0 Å². The molecule has 0 saturated heterocycles. The van der Waals surface area contributed by atoms with Crippen molar-refractivity contribution in [3.63, 3.8) is 0 Å². The highest BCUT2D eigenvalue weighted by Gasteiger charge is 2.21. The van der Waals surface area contributed by atoms with Crippen LogP contribution in [0.3, 0.4) is 0 Å². The lowest BCUT2D eigenvalue weighted by Crippen LogP contribution is -2.33. The maximum Gasteiger partial charge on any atom is 0.240 e. The molecule has 1 amide bonds. The van der Waals surface area contributed by atoms with Crippen LogP contribution in [0.25, 0.3) is 5.69 Å². The molecule has 3 rings (SSSR count). The first-order valence-electron chi connectivity index (χ1n) is 7.61. The molecule has 6 heteroatoms. The van der Waals surface area contributed by atoms with Gasteiger partial charge in [-0.05, 0) is 31.2 Å². The molecule has 122 valence electrons. The van der Waals surface area contributed by atoms with Crippen molar-refractivity contribution in [3.8, 4) is 5.69 Å². The zero-order chi connectivity index (χ0) is 16.9. The van der Waals surface area contributed by atoms with Gasteiger partial charge in [-0.25, -0.2) is 9.67 Å². The molecule has 0 N–H and O–H groups in total. The standard InChI is InChI=1S/C18H18N4OS/c1-14(17(23)21(2)15-9-5-3-6-10-15)24-18-19-13-22(20-18)16-11-7-4-8-12-16/h3-14H,1-2H3. The van der Waals surface area contributed by atoms with Crippen molar-refractivity contribution in [2.45, 2.75) is 17.3 Å². The van der Waals surface area contributed by atoms with Crippen LogP contribution in [0, 0.1) is 0 Å². The minimum absolute atomic E-state index is 0.0160. The minimum Gasteiger partial charge on any atom is -0.315 e. The van der Waals surface area contributed by atoms with Crippen LogP contribution in [0.5, 0.6) is 0 Å². The normalized spacial score (nSPS) is 11.9. The SMILES string of the molecule is CC(Sc1ncn(-c2ccccc2)n1)C(=O)N(C)c1ccccc1. The number of benzene rings is 2. The molecule has 24 heavy (non-hydrogen) atoms. The van der Waals surface area contributed by atoms with Gasteiger partial charge in [0.05, 0.1) is 10.9 Å². The largest absolute Gasteiger partial charge is 0.315 e. The van der Waals surface area contributed by atoms with Gasteiger partial charge in [-0.1, -0.05) is 48.2 Å². The van der Waals surface area contributed by atoms with E-state index in [2.05, 4.69) is 10.1 Å². The van der Waals surface area contributed by atoms with E-state index in [1.165, 1.54) is 11.8 Å². The van der Waals surface area contributed by atoms with Gasteiger partial charge in [0.25, 0.3) is 0 Å². The second-order valence-electron chi connectivity index (χ2n) is 5.30. The van der Waals surface area contributed by atoms with Gasteiger partial charge in [-0.2, -0.15) is 0 Å². The number of anilines is 1. The van der Waals surface area contributed by atoms with E-state index in [-0.39, 0.29) is 11.2 Å². The van der Waals surface area contributed by atoms with Gasteiger partial charge in [-0.3, -0.25) is 4.79 Å². The molecule has 0 saturated carbocycles. The average molecular weight is 338 g/mol. The topological polar surface area (TPSA) is 51.0 Å². The van der Waals surface area contributed by atoms with E-state index in [0.29, 0.717) is 5.16 Å². The number of carbonyl (C=O) groups excluding carboxylic acids is 1. The number of para-hydroxylation sites is 2. The minimum atomic E-state index is -0.276. The van der Waals surface area contributed by atoms with Crippen LogP contribution in [0.15, 0.2) is 72.1 Å². The fourth-order valence-corrected chi connectivity index (χ4v) is 3.09. The molecule has 0 radical (unpaired) electrons. The second kappa shape index (κ2) is 7.31. The van der Waals surface area contributed by atoms with Crippen molar-refractivity contribution in [1.29, 1.82) is 0 Å². The molecule has 1 atom stereocenters. The quantitative estimate of drug-likeness (QED) is 0.669. The molecule has 0 fully saturated rings. The zero-order valence-corrected chi connectivity index (χ0v) is 14.4. The van der Waals surface area contributed by atoms with E-state index in [1.807, 2.05) is 67.6 Å². The molecule has 0 spiro atoms. The van der Waals surface area contributed by atoms with Crippen molar-refractivity contribution in [2.75, 3.05) is 11.9 Å². The lowest BCUT2D eigenvalue weighted by atomic mass is 10.3. The van der Waals surface area contributed by atoms with Crippen LogP contribution >= 0.6 is 11.8 Å². The predicted molar refractivity (Wildman–Crippen MR) is 96.5 cm³/mol. The number of hydrogen-bond donors (Lipinski definition) is 0. The van der Waals surface area contributed by atoms with Gasteiger partial charge in [0.1, 0.15) is 6.33 Å². The summed E-state index contributed by atoms with van der Waals surface area (Å²) in [6, 6.07) is 19.4. The van der Waals surface area contributed by atoms with E-state index >= 15 is 0 Å². The summed E-state index contributed by atoms with van der Waals surface area (Å²) < 4.78 is 1.71. The van der Waals surface area contributed by atoms with Crippen LogP contribution in [0.2, 0.25) is 0 Å². The lowest BCUT2D eigenvalue weighted by molar-refractivity contribution is -0.117. The molecule has 5 nitrogen and oxygen atoms in total. The van der Waals surface area contributed by atoms with Gasteiger partial charge in [0, 0.05) is 12.7 Å². The van der Waals surface area contributed by atoms with Crippen LogP contribution in [-0.4, -0.2) is 33.0 Å². The molecular weight excluding hydrogens is 320 g/mol. The fourth-order valence-electron chi connectivity index (χ4n) is 2.27. The Morgan fingerprint density at radius 1 is 1.08 bits per heavy atom. The Labute approximate surface area is 145 Å². The summed E-state index contributed by atoms with van der Waals surface area (Å²) in [5.74, 6) is 0.0160. The fraction of sp³-hybridized carbons (Fsp3) is 0.167. The molecule has 0 aliphatic carbocycles. The molecule has 1 unspecified atom stereocenters. The molecule has 2 aromatic carbocycles. The number of hydrogen-bond acceptors (Lipinski definition) is 4. The third-order valence-corrected chi connectivity index (χ3v) is 4.55. The predicted octanol–water partition coefficient (Wildman–Crippen LogP) is 3.41. The zero-order valence-electron chi connectivity index (χ0n) is 13.5. The molecular formula is C18H18N4OS. The van der Waals surface area contributed by atoms with Gasteiger partial charge in [-0.15, -0.1) is 5.10 Å². The first-order valence-corrected chi connectivity index (χ1v) is 8.49. The Bertz CT molecular complexity index is 804. The van der Waals surface area contributed by atoms with Crippen molar-refractivity contribution < 1.29 is 4.79 Å².